The van der Waals surface area contributed by atoms with Crippen molar-refractivity contribution in [3.8, 4) is 5.75 Å². The lowest BCUT2D eigenvalue weighted by atomic mass is 9.97. The number of hydrogen-bond acceptors (Lipinski definition) is 8. The fourth-order valence-electron chi connectivity index (χ4n) is 3.07. The zero-order valence-corrected chi connectivity index (χ0v) is 14.8. The molecule has 3 rings (SSSR count). The van der Waals surface area contributed by atoms with E-state index in [9.17, 15) is 14.5 Å². The average Bonchev–Trinajstić information content (AvgIpc) is 3.11. The molecule has 1 atom stereocenters. The number of nitro benzene ring substituents is 1. The van der Waals surface area contributed by atoms with Crippen LogP contribution < -0.4 is 14.5 Å². The van der Waals surface area contributed by atoms with Gasteiger partial charge in [-0.1, -0.05) is 0 Å². The van der Waals surface area contributed by atoms with E-state index >= 15 is 0 Å². The summed E-state index contributed by atoms with van der Waals surface area (Å²) < 4.78 is 24.6. The number of ether oxygens (including phenoxy) is 1. The fraction of sp³-hybridized carbons (Fsp3) is 0.500. The first-order chi connectivity index (χ1) is 12.4. The summed E-state index contributed by atoms with van der Waals surface area (Å²) in [5.74, 6) is 0.177. The second-order valence-electron chi connectivity index (χ2n) is 6.35. The quantitative estimate of drug-likeness (QED) is 0.589. The van der Waals surface area contributed by atoms with Crippen LogP contribution in [0.5, 0.6) is 5.75 Å². The van der Waals surface area contributed by atoms with E-state index in [2.05, 4.69) is 10.1 Å². The van der Waals surface area contributed by atoms with Gasteiger partial charge < -0.3 is 19.1 Å². The smallest absolute Gasteiger partial charge is 0.328 e. The molecule has 1 unspecified atom stereocenters. The monoisotopic (exact) mass is 365 g/mol. The first-order valence-electron chi connectivity index (χ1n) is 8.18. The van der Waals surface area contributed by atoms with E-state index in [0.717, 1.165) is 18.9 Å². The lowest BCUT2D eigenvalue weighted by Crippen LogP contribution is -2.35. The Morgan fingerprint density at radius 3 is 2.85 bits per heavy atom. The molecule has 1 aromatic carbocycles. The van der Waals surface area contributed by atoms with Crippen LogP contribution >= 0.6 is 0 Å². The van der Waals surface area contributed by atoms with Gasteiger partial charge in [0, 0.05) is 39.3 Å². The standard InChI is InChI=1S/C16H20FN5O4/c1-20(2)16-18-15(26-19-16)10-5-4-6-21(9-10)13-8-11(25-3)7-12(17)14(13)22(23)24/h7-8,10H,4-6,9H2,1-3H3. The minimum absolute atomic E-state index is 0.0844. The maximum atomic E-state index is 14.2. The number of piperidine rings is 1. The van der Waals surface area contributed by atoms with Crippen LogP contribution in [0.4, 0.5) is 21.7 Å². The molecule has 10 heteroatoms. The van der Waals surface area contributed by atoms with E-state index in [1.54, 1.807) is 9.80 Å². The van der Waals surface area contributed by atoms with Crippen LogP contribution in [0.2, 0.25) is 0 Å². The third kappa shape index (κ3) is 3.39. The number of rotatable bonds is 5. The number of aromatic nitrogens is 2. The summed E-state index contributed by atoms with van der Waals surface area (Å²) in [5, 5.41) is 15.3. The summed E-state index contributed by atoms with van der Waals surface area (Å²) in [4.78, 5) is 18.5. The number of nitrogens with zero attached hydrogens (tertiary/aromatic N) is 5. The number of halogens is 1. The van der Waals surface area contributed by atoms with E-state index in [1.165, 1.54) is 13.2 Å². The third-order valence-electron chi connectivity index (χ3n) is 4.38. The molecule has 0 bridgehead atoms. The summed E-state index contributed by atoms with van der Waals surface area (Å²) in [5.41, 5.74) is -0.352. The Labute approximate surface area is 149 Å². The second kappa shape index (κ2) is 7.14. The SMILES string of the molecule is COc1cc(F)c([N+](=O)[O-])c(N2CCCC(c3nc(N(C)C)no3)C2)c1. The van der Waals surface area contributed by atoms with Crippen molar-refractivity contribution in [1.29, 1.82) is 0 Å². The normalized spacial score (nSPS) is 17.2. The van der Waals surface area contributed by atoms with Gasteiger partial charge in [0.15, 0.2) is 0 Å². The molecular formula is C16H20FN5O4. The fourth-order valence-corrected chi connectivity index (χ4v) is 3.07. The van der Waals surface area contributed by atoms with Crippen LogP contribution in [0.15, 0.2) is 16.7 Å². The van der Waals surface area contributed by atoms with Crippen LogP contribution in [0.3, 0.4) is 0 Å². The Hall–Kier alpha value is -2.91. The van der Waals surface area contributed by atoms with Gasteiger partial charge in [-0.25, -0.2) is 0 Å². The minimum Gasteiger partial charge on any atom is -0.497 e. The Morgan fingerprint density at radius 1 is 1.46 bits per heavy atom. The molecule has 9 nitrogen and oxygen atoms in total. The predicted octanol–water partition coefficient (Wildman–Crippen LogP) is 2.58. The van der Waals surface area contributed by atoms with Crippen molar-refractivity contribution in [3.05, 3.63) is 34.0 Å². The lowest BCUT2D eigenvalue weighted by Gasteiger charge is -2.32. The van der Waals surface area contributed by atoms with E-state index in [1.807, 2.05) is 14.1 Å². The van der Waals surface area contributed by atoms with Gasteiger partial charge in [0.05, 0.1) is 18.0 Å². The lowest BCUT2D eigenvalue weighted by molar-refractivity contribution is -0.386. The molecule has 1 aliphatic rings. The van der Waals surface area contributed by atoms with Crippen LogP contribution in [0.1, 0.15) is 24.7 Å². The van der Waals surface area contributed by atoms with Gasteiger partial charge in [0.2, 0.25) is 11.7 Å². The van der Waals surface area contributed by atoms with Crippen LogP contribution in [0.25, 0.3) is 0 Å². The highest BCUT2D eigenvalue weighted by atomic mass is 19.1. The number of hydrogen-bond donors (Lipinski definition) is 0. The Kier molecular flexibility index (Phi) is 4.92. The summed E-state index contributed by atoms with van der Waals surface area (Å²) in [6, 6.07) is 2.51. The van der Waals surface area contributed by atoms with Crippen LogP contribution in [-0.4, -0.2) is 49.4 Å². The highest BCUT2D eigenvalue weighted by Gasteiger charge is 2.32. The summed E-state index contributed by atoms with van der Waals surface area (Å²) in [6.45, 7) is 0.987. The molecule has 0 saturated carbocycles. The summed E-state index contributed by atoms with van der Waals surface area (Å²) in [6.07, 6.45) is 1.58. The number of benzene rings is 1. The number of methoxy groups -OCH3 is 1. The highest BCUT2D eigenvalue weighted by Crippen LogP contribution is 2.38. The largest absolute Gasteiger partial charge is 0.497 e. The molecule has 0 radical (unpaired) electrons. The summed E-state index contributed by atoms with van der Waals surface area (Å²) >= 11 is 0. The van der Waals surface area contributed by atoms with Gasteiger partial charge in [-0.2, -0.15) is 9.37 Å². The first-order valence-corrected chi connectivity index (χ1v) is 8.18. The molecule has 0 aliphatic carbocycles. The Bertz CT molecular complexity index is 810. The molecule has 1 aliphatic heterocycles. The van der Waals surface area contributed by atoms with Gasteiger partial charge in [0.25, 0.3) is 5.95 Å². The Morgan fingerprint density at radius 2 is 2.23 bits per heavy atom. The van der Waals surface area contributed by atoms with Gasteiger partial charge in [-0.3, -0.25) is 10.1 Å². The second-order valence-corrected chi connectivity index (χ2v) is 6.35. The molecule has 1 saturated heterocycles. The zero-order valence-electron chi connectivity index (χ0n) is 14.8. The molecule has 0 N–H and O–H groups in total. The molecular weight excluding hydrogens is 345 g/mol. The molecule has 0 spiro atoms. The van der Waals surface area contributed by atoms with Crippen LogP contribution in [-0.2, 0) is 0 Å². The number of nitro groups is 1. The molecule has 1 aromatic heterocycles. The van der Waals surface area contributed by atoms with E-state index in [-0.39, 0.29) is 17.4 Å². The predicted molar refractivity (Wildman–Crippen MR) is 92.4 cm³/mol. The Balaban J connectivity index is 1.91. The first kappa shape index (κ1) is 17.9. The molecule has 1 fully saturated rings. The van der Waals surface area contributed by atoms with Crippen molar-refractivity contribution >= 4 is 17.3 Å². The van der Waals surface area contributed by atoms with Gasteiger partial charge in [-0.15, -0.1) is 0 Å². The van der Waals surface area contributed by atoms with Crippen molar-refractivity contribution < 1.29 is 18.6 Å². The van der Waals surface area contributed by atoms with Gasteiger partial charge in [-0.05, 0) is 18.0 Å². The van der Waals surface area contributed by atoms with Gasteiger partial charge >= 0.3 is 5.69 Å². The topological polar surface area (TPSA) is 97.8 Å². The van der Waals surface area contributed by atoms with Crippen molar-refractivity contribution in [1.82, 2.24) is 10.1 Å². The summed E-state index contributed by atoms with van der Waals surface area (Å²) in [7, 11) is 5.01. The molecule has 2 aromatic rings. The number of anilines is 2. The zero-order chi connectivity index (χ0) is 18.8. The van der Waals surface area contributed by atoms with Crippen molar-refractivity contribution in [3.63, 3.8) is 0 Å². The molecule has 2 heterocycles. The van der Waals surface area contributed by atoms with Crippen molar-refractivity contribution in [2.24, 2.45) is 0 Å². The van der Waals surface area contributed by atoms with E-state index < -0.39 is 16.4 Å². The minimum atomic E-state index is -0.917. The molecule has 26 heavy (non-hydrogen) atoms. The highest BCUT2D eigenvalue weighted by molar-refractivity contribution is 5.67. The third-order valence-corrected chi connectivity index (χ3v) is 4.38. The van der Waals surface area contributed by atoms with E-state index in [4.69, 9.17) is 9.26 Å². The molecule has 0 amide bonds. The van der Waals surface area contributed by atoms with Crippen molar-refractivity contribution in [2.75, 3.05) is 44.1 Å². The molecule has 140 valence electrons. The maximum absolute atomic E-state index is 14.2. The van der Waals surface area contributed by atoms with Crippen molar-refractivity contribution in [2.45, 2.75) is 18.8 Å². The van der Waals surface area contributed by atoms with E-state index in [0.29, 0.717) is 24.9 Å². The van der Waals surface area contributed by atoms with Gasteiger partial charge in [0.1, 0.15) is 11.4 Å². The maximum Gasteiger partial charge on any atom is 0.328 e. The van der Waals surface area contributed by atoms with Crippen LogP contribution in [0, 0.1) is 15.9 Å². The average molecular weight is 365 g/mol.